The molecule has 2 rings (SSSR count). The zero-order valence-corrected chi connectivity index (χ0v) is 11.3. The van der Waals surface area contributed by atoms with Crippen LogP contribution in [0.1, 0.15) is 23.3 Å². The summed E-state index contributed by atoms with van der Waals surface area (Å²) in [5.74, 6) is 0.703. The first-order chi connectivity index (χ1) is 8.20. The molecule has 0 radical (unpaired) electrons. The normalized spacial score (nSPS) is 12.4. The lowest BCUT2D eigenvalue weighted by molar-refractivity contribution is 1.09. The van der Waals surface area contributed by atoms with Gasteiger partial charge in [0.1, 0.15) is 0 Å². The topological polar surface area (TPSA) is 25.8 Å². The molecule has 2 nitrogen and oxygen atoms in total. The van der Waals surface area contributed by atoms with E-state index in [9.17, 15) is 0 Å². The third-order valence-corrected chi connectivity index (χ3v) is 3.20. The van der Waals surface area contributed by atoms with Crippen LogP contribution in [0.25, 0.3) is 11.4 Å². The average Bonchev–Trinajstić information content (AvgIpc) is 2.39. The van der Waals surface area contributed by atoms with Crippen molar-refractivity contribution in [1.29, 1.82) is 0 Å². The molecular formula is C13H14N2S2. The van der Waals surface area contributed by atoms with Gasteiger partial charge in [-0.3, -0.25) is 9.97 Å². The second-order valence-corrected chi connectivity index (χ2v) is 4.95. The lowest BCUT2D eigenvalue weighted by atomic mass is 10.1. The minimum absolute atomic E-state index is 0.202. The van der Waals surface area contributed by atoms with Crippen molar-refractivity contribution in [3.8, 4) is 11.4 Å². The molecule has 0 aliphatic carbocycles. The quantitative estimate of drug-likeness (QED) is 0.827. The second kappa shape index (κ2) is 5.56. The Kier molecular flexibility index (Phi) is 4.07. The maximum absolute atomic E-state index is 4.42. The van der Waals surface area contributed by atoms with Crippen LogP contribution in [-0.2, 0) is 5.75 Å². The monoisotopic (exact) mass is 262 g/mol. The molecule has 88 valence electrons. The highest BCUT2D eigenvalue weighted by Crippen LogP contribution is 2.22. The smallest absolute Gasteiger partial charge is 0.0889 e. The molecule has 1 unspecified atom stereocenters. The van der Waals surface area contributed by atoms with Gasteiger partial charge in [-0.15, -0.1) is 0 Å². The Morgan fingerprint density at radius 3 is 2.59 bits per heavy atom. The number of hydrogen-bond donors (Lipinski definition) is 2. The molecule has 2 aromatic heterocycles. The number of thiol groups is 2. The van der Waals surface area contributed by atoms with Crippen LogP contribution in [0.2, 0.25) is 0 Å². The van der Waals surface area contributed by atoms with Gasteiger partial charge < -0.3 is 0 Å². The Balaban J connectivity index is 2.35. The molecule has 0 aliphatic heterocycles. The summed E-state index contributed by atoms with van der Waals surface area (Å²) in [5, 5.41) is 0.202. The van der Waals surface area contributed by atoms with Crippen LogP contribution in [-0.4, -0.2) is 9.97 Å². The van der Waals surface area contributed by atoms with Gasteiger partial charge in [0, 0.05) is 23.4 Å². The Morgan fingerprint density at radius 2 is 2.00 bits per heavy atom. The maximum Gasteiger partial charge on any atom is 0.0889 e. The van der Waals surface area contributed by atoms with Crippen molar-refractivity contribution in [2.45, 2.75) is 17.9 Å². The lowest BCUT2D eigenvalue weighted by Gasteiger charge is -2.06. The van der Waals surface area contributed by atoms with Crippen molar-refractivity contribution in [2.24, 2.45) is 0 Å². The molecule has 0 fully saturated rings. The summed E-state index contributed by atoms with van der Waals surface area (Å²) in [6.45, 7) is 2.04. The summed E-state index contributed by atoms with van der Waals surface area (Å²) in [7, 11) is 0. The molecule has 0 aliphatic rings. The van der Waals surface area contributed by atoms with Crippen LogP contribution in [0.15, 0.2) is 36.7 Å². The van der Waals surface area contributed by atoms with E-state index < -0.39 is 0 Å². The summed E-state index contributed by atoms with van der Waals surface area (Å²) in [6, 6.07) is 8.00. The molecule has 0 aromatic carbocycles. The molecule has 0 N–H and O–H groups in total. The van der Waals surface area contributed by atoms with Gasteiger partial charge in [-0.05, 0) is 36.2 Å². The van der Waals surface area contributed by atoms with E-state index in [4.69, 9.17) is 0 Å². The van der Waals surface area contributed by atoms with Gasteiger partial charge in [0.05, 0.1) is 11.4 Å². The van der Waals surface area contributed by atoms with E-state index in [1.807, 2.05) is 37.4 Å². The van der Waals surface area contributed by atoms with Crippen molar-refractivity contribution in [2.75, 3.05) is 0 Å². The fourth-order valence-electron chi connectivity index (χ4n) is 1.52. The Hall–Kier alpha value is -1.00. The SMILES string of the molecule is CC(S)c1ccnc(-c2ccc(CS)cn2)c1. The minimum atomic E-state index is 0.202. The molecule has 0 saturated carbocycles. The van der Waals surface area contributed by atoms with Gasteiger partial charge in [0.15, 0.2) is 0 Å². The van der Waals surface area contributed by atoms with Crippen LogP contribution in [0.5, 0.6) is 0 Å². The number of nitrogens with zero attached hydrogens (tertiary/aromatic N) is 2. The zero-order valence-electron chi connectivity index (χ0n) is 9.54. The molecule has 2 aromatic rings. The molecule has 0 amide bonds. The van der Waals surface area contributed by atoms with E-state index in [2.05, 4.69) is 35.2 Å². The molecule has 0 bridgehead atoms. The van der Waals surface area contributed by atoms with Crippen molar-refractivity contribution < 1.29 is 0 Å². The first-order valence-electron chi connectivity index (χ1n) is 5.41. The van der Waals surface area contributed by atoms with Gasteiger partial charge in [-0.2, -0.15) is 25.3 Å². The summed E-state index contributed by atoms with van der Waals surface area (Å²) in [6.07, 6.45) is 3.63. The highest BCUT2D eigenvalue weighted by molar-refractivity contribution is 7.80. The van der Waals surface area contributed by atoms with Gasteiger partial charge in [0.2, 0.25) is 0 Å². The molecule has 0 saturated heterocycles. The zero-order chi connectivity index (χ0) is 12.3. The van der Waals surface area contributed by atoms with Gasteiger partial charge in [0.25, 0.3) is 0 Å². The number of pyridine rings is 2. The summed E-state index contributed by atoms with van der Waals surface area (Å²) in [4.78, 5) is 8.72. The fourth-order valence-corrected chi connectivity index (χ4v) is 1.86. The van der Waals surface area contributed by atoms with Crippen LogP contribution in [0.4, 0.5) is 0 Å². The molecule has 1 atom stereocenters. The summed E-state index contributed by atoms with van der Waals surface area (Å²) < 4.78 is 0. The molecular weight excluding hydrogens is 248 g/mol. The number of aromatic nitrogens is 2. The third-order valence-electron chi connectivity index (χ3n) is 2.54. The van der Waals surface area contributed by atoms with Crippen LogP contribution < -0.4 is 0 Å². The van der Waals surface area contributed by atoms with Gasteiger partial charge in [-0.1, -0.05) is 6.07 Å². The van der Waals surface area contributed by atoms with Crippen molar-refractivity contribution in [1.82, 2.24) is 9.97 Å². The Labute approximate surface area is 112 Å². The molecule has 0 spiro atoms. The summed E-state index contributed by atoms with van der Waals surface area (Å²) >= 11 is 8.63. The van der Waals surface area contributed by atoms with Crippen LogP contribution in [0, 0.1) is 0 Å². The van der Waals surface area contributed by atoms with Crippen molar-refractivity contribution in [3.05, 3.63) is 47.8 Å². The average molecular weight is 262 g/mol. The van der Waals surface area contributed by atoms with E-state index in [0.717, 1.165) is 22.5 Å². The van der Waals surface area contributed by atoms with Crippen molar-refractivity contribution in [3.63, 3.8) is 0 Å². The number of hydrogen-bond acceptors (Lipinski definition) is 4. The minimum Gasteiger partial charge on any atom is -0.255 e. The van der Waals surface area contributed by atoms with Gasteiger partial charge in [-0.25, -0.2) is 0 Å². The lowest BCUT2D eigenvalue weighted by Crippen LogP contribution is -1.91. The Morgan fingerprint density at radius 1 is 1.18 bits per heavy atom. The van der Waals surface area contributed by atoms with E-state index >= 15 is 0 Å². The molecule has 2 heterocycles. The molecule has 17 heavy (non-hydrogen) atoms. The third kappa shape index (κ3) is 3.01. The van der Waals surface area contributed by atoms with Crippen LogP contribution in [0.3, 0.4) is 0 Å². The predicted octanol–water partition coefficient (Wildman–Crippen LogP) is 3.56. The fraction of sp³-hybridized carbons (Fsp3) is 0.231. The van der Waals surface area contributed by atoms with E-state index in [0.29, 0.717) is 5.75 Å². The highest BCUT2D eigenvalue weighted by Gasteiger charge is 2.05. The highest BCUT2D eigenvalue weighted by atomic mass is 32.1. The molecule has 4 heteroatoms. The Bertz CT molecular complexity index is 495. The maximum atomic E-state index is 4.42. The summed E-state index contributed by atoms with van der Waals surface area (Å²) in [5.41, 5.74) is 4.02. The predicted molar refractivity (Wildman–Crippen MR) is 77.6 cm³/mol. The van der Waals surface area contributed by atoms with Gasteiger partial charge >= 0.3 is 0 Å². The van der Waals surface area contributed by atoms with E-state index in [1.165, 1.54) is 0 Å². The second-order valence-electron chi connectivity index (χ2n) is 3.86. The van der Waals surface area contributed by atoms with E-state index in [1.54, 1.807) is 6.20 Å². The first-order valence-corrected chi connectivity index (χ1v) is 6.56. The largest absolute Gasteiger partial charge is 0.255 e. The number of rotatable bonds is 3. The standard InChI is InChI=1S/C13H14N2S2/c1-9(17)11-4-5-14-13(6-11)12-3-2-10(8-16)7-15-12/h2-7,9,16-17H,8H2,1H3. The van der Waals surface area contributed by atoms with E-state index in [-0.39, 0.29) is 5.25 Å². The first kappa shape index (κ1) is 12.5. The van der Waals surface area contributed by atoms with Crippen molar-refractivity contribution >= 4 is 25.3 Å². The van der Waals surface area contributed by atoms with Crippen LogP contribution >= 0.6 is 25.3 Å².